The summed E-state index contributed by atoms with van der Waals surface area (Å²) in [5.74, 6) is -3.42. The highest BCUT2D eigenvalue weighted by molar-refractivity contribution is 7.99. The summed E-state index contributed by atoms with van der Waals surface area (Å²) in [5, 5.41) is 0. The zero-order chi connectivity index (χ0) is 14.4. The molecule has 1 aromatic rings. The third-order valence-corrected chi connectivity index (χ3v) is 2.67. The van der Waals surface area contributed by atoms with Gasteiger partial charge < -0.3 is 9.47 Å². The van der Waals surface area contributed by atoms with Crippen LogP contribution in [0.4, 0.5) is 17.6 Å². The van der Waals surface area contributed by atoms with Gasteiger partial charge in [0, 0.05) is 4.90 Å². The first-order valence-electron chi connectivity index (χ1n) is 4.99. The molecule has 0 heterocycles. The SMILES string of the molecule is COC(=O)c1cc(COC(F)F)cc(SC(F)F)c1. The Balaban J connectivity index is 2.98. The number of carbonyl (C=O) groups is 1. The number of esters is 1. The summed E-state index contributed by atoms with van der Waals surface area (Å²) in [6.07, 6.45) is 0. The number of thioether (sulfide) groups is 1. The summed E-state index contributed by atoms with van der Waals surface area (Å²) >= 11 is 0.205. The van der Waals surface area contributed by atoms with Crippen molar-refractivity contribution in [1.82, 2.24) is 0 Å². The molecule has 19 heavy (non-hydrogen) atoms. The number of hydrogen-bond donors (Lipinski definition) is 0. The number of rotatable bonds is 6. The van der Waals surface area contributed by atoms with Crippen molar-refractivity contribution >= 4 is 17.7 Å². The lowest BCUT2D eigenvalue weighted by atomic mass is 10.1. The number of ether oxygens (including phenoxy) is 2. The fourth-order valence-corrected chi connectivity index (χ4v) is 1.93. The zero-order valence-electron chi connectivity index (χ0n) is 9.74. The minimum absolute atomic E-state index is 0.000941. The predicted molar refractivity (Wildman–Crippen MR) is 60.4 cm³/mol. The summed E-state index contributed by atoms with van der Waals surface area (Å²) in [6.45, 7) is -3.47. The molecule has 8 heteroatoms. The fourth-order valence-electron chi connectivity index (χ4n) is 1.31. The van der Waals surface area contributed by atoms with Crippen LogP contribution in [0.1, 0.15) is 15.9 Å². The molecule has 0 spiro atoms. The van der Waals surface area contributed by atoms with Crippen LogP contribution in [-0.2, 0) is 16.1 Å². The Kier molecular flexibility index (Phi) is 6.10. The quantitative estimate of drug-likeness (QED) is 0.457. The lowest BCUT2D eigenvalue weighted by molar-refractivity contribution is -0.137. The van der Waals surface area contributed by atoms with Gasteiger partial charge in [-0.1, -0.05) is 11.8 Å². The molecule has 0 unspecified atom stereocenters. The maximum absolute atomic E-state index is 12.3. The van der Waals surface area contributed by atoms with E-state index in [2.05, 4.69) is 9.47 Å². The van der Waals surface area contributed by atoms with Gasteiger partial charge in [0.1, 0.15) is 0 Å². The molecule has 0 aliphatic rings. The van der Waals surface area contributed by atoms with Crippen LogP contribution >= 0.6 is 11.8 Å². The van der Waals surface area contributed by atoms with Crippen molar-refractivity contribution in [3.05, 3.63) is 29.3 Å². The van der Waals surface area contributed by atoms with Gasteiger partial charge in [-0.2, -0.15) is 17.6 Å². The van der Waals surface area contributed by atoms with Gasteiger partial charge >= 0.3 is 12.6 Å². The fraction of sp³-hybridized carbons (Fsp3) is 0.364. The van der Waals surface area contributed by atoms with E-state index in [9.17, 15) is 22.4 Å². The topological polar surface area (TPSA) is 35.5 Å². The standard InChI is InChI=1S/C11H10F4O3S/c1-17-9(16)7-2-6(5-18-10(12)13)3-8(4-7)19-11(14)15/h2-4,10-11H,5H2,1H3. The molecule has 0 aromatic heterocycles. The highest BCUT2D eigenvalue weighted by Gasteiger charge is 2.13. The molecule has 1 rings (SSSR count). The van der Waals surface area contributed by atoms with E-state index in [1.54, 1.807) is 0 Å². The van der Waals surface area contributed by atoms with Crippen LogP contribution in [0.2, 0.25) is 0 Å². The first-order valence-corrected chi connectivity index (χ1v) is 5.87. The van der Waals surface area contributed by atoms with Crippen LogP contribution in [0.25, 0.3) is 0 Å². The van der Waals surface area contributed by atoms with Crippen LogP contribution in [0, 0.1) is 0 Å². The van der Waals surface area contributed by atoms with Crippen molar-refractivity contribution in [2.75, 3.05) is 7.11 Å². The molecule has 3 nitrogen and oxygen atoms in total. The van der Waals surface area contributed by atoms with Gasteiger partial charge in [0.15, 0.2) is 0 Å². The van der Waals surface area contributed by atoms with Crippen molar-refractivity contribution in [3.63, 3.8) is 0 Å². The molecule has 0 aliphatic heterocycles. The number of methoxy groups -OCH3 is 1. The van der Waals surface area contributed by atoms with E-state index in [-0.39, 0.29) is 27.8 Å². The van der Waals surface area contributed by atoms with Crippen LogP contribution in [0.15, 0.2) is 23.1 Å². The van der Waals surface area contributed by atoms with Gasteiger partial charge in [0.2, 0.25) is 0 Å². The van der Waals surface area contributed by atoms with Gasteiger partial charge in [0.05, 0.1) is 19.3 Å². The maximum Gasteiger partial charge on any atom is 0.345 e. The molecule has 0 aliphatic carbocycles. The smallest absolute Gasteiger partial charge is 0.345 e. The number of hydrogen-bond acceptors (Lipinski definition) is 4. The van der Waals surface area contributed by atoms with Gasteiger partial charge in [-0.05, 0) is 23.8 Å². The Hall–Kier alpha value is -1.28. The van der Waals surface area contributed by atoms with Crippen LogP contribution < -0.4 is 0 Å². The second-order valence-corrected chi connectivity index (χ2v) is 4.37. The van der Waals surface area contributed by atoms with E-state index in [0.717, 1.165) is 7.11 Å². The van der Waals surface area contributed by atoms with E-state index in [0.29, 0.717) is 0 Å². The minimum Gasteiger partial charge on any atom is -0.465 e. The Morgan fingerprint density at radius 2 is 1.95 bits per heavy atom. The maximum atomic E-state index is 12.3. The van der Waals surface area contributed by atoms with Crippen molar-refractivity contribution < 1.29 is 31.8 Å². The molecule has 106 valence electrons. The van der Waals surface area contributed by atoms with Gasteiger partial charge in [-0.3, -0.25) is 0 Å². The molecule has 0 bridgehead atoms. The molecule has 0 radical (unpaired) electrons. The third kappa shape index (κ3) is 5.48. The molecule has 0 saturated carbocycles. The van der Waals surface area contributed by atoms with E-state index < -0.39 is 24.9 Å². The Bertz CT molecular complexity index is 440. The van der Waals surface area contributed by atoms with Crippen LogP contribution in [0.3, 0.4) is 0 Å². The Morgan fingerprint density at radius 3 is 2.47 bits per heavy atom. The number of alkyl halides is 4. The Labute approximate surface area is 110 Å². The zero-order valence-corrected chi connectivity index (χ0v) is 10.6. The summed E-state index contributed by atoms with van der Waals surface area (Å²) in [6, 6.07) is 3.71. The molecule has 0 fully saturated rings. The van der Waals surface area contributed by atoms with Crippen molar-refractivity contribution in [2.45, 2.75) is 23.9 Å². The molecule has 0 saturated heterocycles. The molecule has 0 atom stereocenters. The molecule has 0 amide bonds. The average molecular weight is 298 g/mol. The number of benzene rings is 1. The molecular formula is C11H10F4O3S. The lowest BCUT2D eigenvalue weighted by Crippen LogP contribution is -2.05. The van der Waals surface area contributed by atoms with Crippen LogP contribution in [0.5, 0.6) is 0 Å². The highest BCUT2D eigenvalue weighted by Crippen LogP contribution is 2.28. The summed E-state index contributed by atoms with van der Waals surface area (Å²) in [7, 11) is 1.13. The van der Waals surface area contributed by atoms with Crippen molar-refractivity contribution in [3.8, 4) is 0 Å². The average Bonchev–Trinajstić information content (AvgIpc) is 2.34. The van der Waals surface area contributed by atoms with E-state index in [1.807, 2.05) is 0 Å². The summed E-state index contributed by atoms with van der Waals surface area (Å²) in [4.78, 5) is 11.4. The first kappa shape index (κ1) is 15.8. The summed E-state index contributed by atoms with van der Waals surface area (Å²) < 4.78 is 56.9. The number of halogens is 4. The monoisotopic (exact) mass is 298 g/mol. The first-order chi connectivity index (χ1) is 8.92. The normalized spacial score (nSPS) is 11.1. The lowest BCUT2D eigenvalue weighted by Gasteiger charge is -2.08. The highest BCUT2D eigenvalue weighted by atomic mass is 32.2. The van der Waals surface area contributed by atoms with Gasteiger partial charge in [-0.15, -0.1) is 0 Å². The van der Waals surface area contributed by atoms with E-state index in [4.69, 9.17) is 0 Å². The molecular weight excluding hydrogens is 288 g/mol. The minimum atomic E-state index is -2.98. The van der Waals surface area contributed by atoms with Gasteiger partial charge in [0.25, 0.3) is 5.76 Å². The second kappa shape index (κ2) is 7.34. The van der Waals surface area contributed by atoms with Crippen molar-refractivity contribution in [1.29, 1.82) is 0 Å². The van der Waals surface area contributed by atoms with E-state index >= 15 is 0 Å². The predicted octanol–water partition coefficient (Wildman–Crippen LogP) is 3.53. The largest absolute Gasteiger partial charge is 0.465 e. The third-order valence-electron chi connectivity index (χ3n) is 1.99. The second-order valence-electron chi connectivity index (χ2n) is 3.31. The molecule has 0 N–H and O–H groups in total. The van der Waals surface area contributed by atoms with E-state index in [1.165, 1.54) is 18.2 Å². The molecule has 1 aromatic carbocycles. The van der Waals surface area contributed by atoms with Crippen LogP contribution in [-0.4, -0.2) is 25.4 Å². The van der Waals surface area contributed by atoms with Gasteiger partial charge in [-0.25, -0.2) is 4.79 Å². The Morgan fingerprint density at radius 1 is 1.26 bits per heavy atom. The number of carbonyl (C=O) groups excluding carboxylic acids is 1. The summed E-state index contributed by atoms with van der Waals surface area (Å²) in [5.41, 5.74) is 0.187. The van der Waals surface area contributed by atoms with Crippen molar-refractivity contribution in [2.24, 2.45) is 0 Å².